The van der Waals surface area contributed by atoms with Crippen LogP contribution < -0.4 is 4.74 Å². The Balaban J connectivity index is 2.23. The fourth-order valence-electron chi connectivity index (χ4n) is 1.27. The molecule has 2 rings (SSSR count). The number of aromatic nitrogens is 1. The number of nitrogens with zero attached hydrogens (tertiary/aromatic N) is 1. The van der Waals surface area contributed by atoms with Gasteiger partial charge in [-0.15, -0.1) is 0 Å². The van der Waals surface area contributed by atoms with Gasteiger partial charge in [-0.1, -0.05) is 0 Å². The first kappa shape index (κ1) is 10.1. The average Bonchev–Trinajstić information content (AvgIpc) is 2.67. The zero-order valence-corrected chi connectivity index (χ0v) is 8.99. The maximum Gasteiger partial charge on any atom is 0.292 e. The first-order valence-corrected chi connectivity index (χ1v) is 5.02. The second-order valence-corrected chi connectivity index (χ2v) is 3.26. The maximum absolute atomic E-state index is 5.59. The molecule has 0 unspecified atom stereocenters. The molecule has 1 aromatic heterocycles. The molecule has 4 heteroatoms. The van der Waals surface area contributed by atoms with Crippen molar-refractivity contribution in [3.05, 3.63) is 35.8 Å². The predicted molar refractivity (Wildman–Crippen MR) is 58.1 cm³/mol. The molecule has 0 aliphatic carbocycles. The van der Waals surface area contributed by atoms with Crippen molar-refractivity contribution < 1.29 is 9.15 Å². The lowest BCUT2D eigenvalue weighted by Gasteiger charge is -2.02. The smallest absolute Gasteiger partial charge is 0.292 e. The van der Waals surface area contributed by atoms with E-state index in [4.69, 9.17) is 20.8 Å². The highest BCUT2D eigenvalue weighted by molar-refractivity contribution is 6.27. The lowest BCUT2D eigenvalue weighted by atomic mass is 10.2. The summed E-state index contributed by atoms with van der Waals surface area (Å²) in [5.41, 5.74) is 0.929. The number of halogens is 1. The van der Waals surface area contributed by atoms with Crippen LogP contribution in [0.1, 0.15) is 6.92 Å². The monoisotopic (exact) mass is 223 g/mol. The van der Waals surface area contributed by atoms with Gasteiger partial charge in [0.2, 0.25) is 0 Å². The van der Waals surface area contributed by atoms with Crippen LogP contribution in [0.5, 0.6) is 5.75 Å². The highest BCUT2D eigenvalue weighted by atomic mass is 35.5. The van der Waals surface area contributed by atoms with Gasteiger partial charge in [-0.25, -0.2) is 4.98 Å². The van der Waals surface area contributed by atoms with Gasteiger partial charge in [0.15, 0.2) is 5.76 Å². The number of ether oxygens (including phenoxy) is 1. The predicted octanol–water partition coefficient (Wildman–Crippen LogP) is 3.39. The number of hydrogen-bond acceptors (Lipinski definition) is 3. The third kappa shape index (κ3) is 2.30. The molecule has 78 valence electrons. The molecule has 2 aromatic rings. The molecule has 0 aliphatic heterocycles. The van der Waals surface area contributed by atoms with E-state index in [1.807, 2.05) is 31.2 Å². The highest BCUT2D eigenvalue weighted by Crippen LogP contribution is 2.24. The molecular weight excluding hydrogens is 214 g/mol. The van der Waals surface area contributed by atoms with E-state index in [0.29, 0.717) is 12.4 Å². The van der Waals surface area contributed by atoms with E-state index in [9.17, 15) is 0 Å². The summed E-state index contributed by atoms with van der Waals surface area (Å²) in [5, 5.41) is 0.152. The van der Waals surface area contributed by atoms with Gasteiger partial charge in [-0.05, 0) is 42.8 Å². The number of benzene rings is 1. The summed E-state index contributed by atoms with van der Waals surface area (Å²) in [6.45, 7) is 2.61. The Morgan fingerprint density at radius 1 is 1.33 bits per heavy atom. The second kappa shape index (κ2) is 4.36. The molecule has 0 N–H and O–H groups in total. The summed E-state index contributed by atoms with van der Waals surface area (Å²) >= 11 is 5.59. The number of hydrogen-bond donors (Lipinski definition) is 0. The molecule has 0 fully saturated rings. The molecule has 0 radical (unpaired) electrons. The zero-order chi connectivity index (χ0) is 10.7. The van der Waals surface area contributed by atoms with Crippen LogP contribution in [0.25, 0.3) is 11.3 Å². The van der Waals surface area contributed by atoms with Gasteiger partial charge in [0.25, 0.3) is 5.35 Å². The minimum atomic E-state index is 0.152. The van der Waals surface area contributed by atoms with Crippen molar-refractivity contribution in [3.63, 3.8) is 0 Å². The topological polar surface area (TPSA) is 35.3 Å². The van der Waals surface area contributed by atoms with E-state index >= 15 is 0 Å². The summed E-state index contributed by atoms with van der Waals surface area (Å²) in [6, 6.07) is 7.58. The van der Waals surface area contributed by atoms with Crippen molar-refractivity contribution in [1.82, 2.24) is 4.98 Å². The van der Waals surface area contributed by atoms with Crippen LogP contribution in [-0.2, 0) is 0 Å². The van der Waals surface area contributed by atoms with E-state index in [1.165, 1.54) is 0 Å². The van der Waals surface area contributed by atoms with Crippen LogP contribution in [-0.4, -0.2) is 11.6 Å². The van der Waals surface area contributed by atoms with Crippen LogP contribution in [0.2, 0.25) is 5.35 Å². The van der Waals surface area contributed by atoms with Crippen molar-refractivity contribution >= 4 is 11.6 Å². The Hall–Kier alpha value is -1.48. The van der Waals surface area contributed by atoms with Crippen molar-refractivity contribution in [2.45, 2.75) is 6.92 Å². The molecule has 0 aliphatic rings. The van der Waals surface area contributed by atoms with Crippen molar-refractivity contribution in [1.29, 1.82) is 0 Å². The van der Waals surface area contributed by atoms with E-state index in [-0.39, 0.29) is 5.35 Å². The van der Waals surface area contributed by atoms with Crippen LogP contribution in [0, 0.1) is 0 Å². The van der Waals surface area contributed by atoms with E-state index in [2.05, 4.69) is 4.98 Å². The third-order valence-electron chi connectivity index (χ3n) is 1.93. The minimum absolute atomic E-state index is 0.152. The van der Waals surface area contributed by atoms with Gasteiger partial charge in [-0.2, -0.15) is 0 Å². The van der Waals surface area contributed by atoms with Gasteiger partial charge < -0.3 is 9.15 Å². The Bertz CT molecular complexity index is 436. The summed E-state index contributed by atoms with van der Waals surface area (Å²) < 4.78 is 10.5. The SMILES string of the molecule is CCOc1ccc(-c2cnc(Cl)o2)cc1. The van der Waals surface area contributed by atoms with E-state index in [0.717, 1.165) is 11.3 Å². The molecule has 1 heterocycles. The number of oxazole rings is 1. The molecule has 15 heavy (non-hydrogen) atoms. The first-order chi connectivity index (χ1) is 7.29. The van der Waals surface area contributed by atoms with Gasteiger partial charge >= 0.3 is 0 Å². The van der Waals surface area contributed by atoms with Crippen LogP contribution in [0.15, 0.2) is 34.9 Å². The van der Waals surface area contributed by atoms with Crippen LogP contribution >= 0.6 is 11.6 Å². The largest absolute Gasteiger partial charge is 0.494 e. The molecule has 0 amide bonds. The average molecular weight is 224 g/mol. The molecule has 0 atom stereocenters. The third-order valence-corrected chi connectivity index (χ3v) is 2.10. The quantitative estimate of drug-likeness (QED) is 0.800. The van der Waals surface area contributed by atoms with Crippen molar-refractivity contribution in [3.8, 4) is 17.1 Å². The standard InChI is InChI=1S/C11H10ClNO2/c1-2-14-9-5-3-8(4-6-9)10-7-13-11(12)15-10/h3-7H,2H2,1H3. The molecule has 0 spiro atoms. The summed E-state index contributed by atoms with van der Waals surface area (Å²) in [5.74, 6) is 1.50. The summed E-state index contributed by atoms with van der Waals surface area (Å²) in [6.07, 6.45) is 1.60. The molecule has 3 nitrogen and oxygen atoms in total. The Morgan fingerprint density at radius 3 is 2.60 bits per heavy atom. The first-order valence-electron chi connectivity index (χ1n) is 4.64. The summed E-state index contributed by atoms with van der Waals surface area (Å²) in [4.78, 5) is 3.82. The van der Waals surface area contributed by atoms with Gasteiger partial charge in [0.05, 0.1) is 12.8 Å². The summed E-state index contributed by atoms with van der Waals surface area (Å²) in [7, 11) is 0. The normalized spacial score (nSPS) is 10.3. The Morgan fingerprint density at radius 2 is 2.07 bits per heavy atom. The molecule has 0 saturated heterocycles. The maximum atomic E-state index is 5.59. The molecule has 0 saturated carbocycles. The van der Waals surface area contributed by atoms with E-state index < -0.39 is 0 Å². The molecule has 0 bridgehead atoms. The van der Waals surface area contributed by atoms with Gasteiger partial charge in [0.1, 0.15) is 5.75 Å². The minimum Gasteiger partial charge on any atom is -0.494 e. The fraction of sp³-hybridized carbons (Fsp3) is 0.182. The fourth-order valence-corrected chi connectivity index (χ4v) is 1.40. The van der Waals surface area contributed by atoms with Crippen molar-refractivity contribution in [2.24, 2.45) is 0 Å². The molecular formula is C11H10ClNO2. The van der Waals surface area contributed by atoms with E-state index in [1.54, 1.807) is 6.20 Å². The van der Waals surface area contributed by atoms with Gasteiger partial charge in [-0.3, -0.25) is 0 Å². The second-order valence-electron chi connectivity index (χ2n) is 2.93. The van der Waals surface area contributed by atoms with Gasteiger partial charge in [0, 0.05) is 5.56 Å². The highest BCUT2D eigenvalue weighted by Gasteiger charge is 2.04. The van der Waals surface area contributed by atoms with Crippen molar-refractivity contribution in [2.75, 3.05) is 6.61 Å². The lowest BCUT2D eigenvalue weighted by Crippen LogP contribution is -1.90. The molecule has 1 aromatic carbocycles. The Labute approximate surface area is 92.6 Å². The van der Waals surface area contributed by atoms with Crippen LogP contribution in [0.4, 0.5) is 0 Å². The van der Waals surface area contributed by atoms with Crippen LogP contribution in [0.3, 0.4) is 0 Å². The lowest BCUT2D eigenvalue weighted by molar-refractivity contribution is 0.340. The zero-order valence-electron chi connectivity index (χ0n) is 8.24. The Kier molecular flexibility index (Phi) is 2.92. The number of rotatable bonds is 3.